The number of hydrogen-bond donors (Lipinski definition) is 1. The van der Waals surface area contributed by atoms with Crippen LogP contribution in [0.15, 0.2) is 18.3 Å². The van der Waals surface area contributed by atoms with E-state index in [-0.39, 0.29) is 5.91 Å². The smallest absolute Gasteiger partial charge is 0.255 e. The third-order valence-electron chi connectivity index (χ3n) is 4.38. The zero-order valence-corrected chi connectivity index (χ0v) is 12.9. The number of carbonyl (C=O) groups is 1. The zero-order chi connectivity index (χ0) is 14.8. The van der Waals surface area contributed by atoms with E-state index in [1.165, 1.54) is 12.8 Å². The van der Waals surface area contributed by atoms with E-state index in [9.17, 15) is 4.79 Å². The molecule has 0 aromatic carbocycles. The van der Waals surface area contributed by atoms with Crippen molar-refractivity contribution >= 4 is 11.7 Å². The first-order valence-corrected chi connectivity index (χ1v) is 7.82. The number of amides is 1. The van der Waals surface area contributed by atoms with Gasteiger partial charge in [0.15, 0.2) is 0 Å². The summed E-state index contributed by atoms with van der Waals surface area (Å²) in [6.45, 7) is 2.23. The van der Waals surface area contributed by atoms with Crippen LogP contribution in [-0.2, 0) is 0 Å². The second-order valence-electron chi connectivity index (χ2n) is 6.28. The van der Waals surface area contributed by atoms with Crippen LogP contribution in [-0.4, -0.2) is 55.1 Å². The first kappa shape index (κ1) is 14.3. The standard InChI is InChI=1S/C16H24N4O/c1-19(2)15-14(4-3-9-17-15)16(21)18-12-7-10-20(11-8-12)13-5-6-13/h3-4,9,12-13H,5-8,10-11H2,1-2H3,(H,18,21). The van der Waals surface area contributed by atoms with E-state index in [2.05, 4.69) is 15.2 Å². The van der Waals surface area contributed by atoms with Gasteiger partial charge in [-0.15, -0.1) is 0 Å². The number of aromatic nitrogens is 1. The summed E-state index contributed by atoms with van der Waals surface area (Å²) in [6.07, 6.45) is 6.55. The highest BCUT2D eigenvalue weighted by Crippen LogP contribution is 2.29. The van der Waals surface area contributed by atoms with Crippen LogP contribution in [0, 0.1) is 0 Å². The molecule has 5 nitrogen and oxygen atoms in total. The fourth-order valence-electron chi connectivity index (χ4n) is 3.04. The Labute approximate surface area is 126 Å². The Morgan fingerprint density at radius 1 is 1.29 bits per heavy atom. The summed E-state index contributed by atoms with van der Waals surface area (Å²) in [5.41, 5.74) is 0.659. The van der Waals surface area contributed by atoms with Crippen LogP contribution in [0.5, 0.6) is 0 Å². The second kappa shape index (κ2) is 6.02. The van der Waals surface area contributed by atoms with E-state index in [1.54, 1.807) is 6.20 Å². The third-order valence-corrected chi connectivity index (χ3v) is 4.38. The lowest BCUT2D eigenvalue weighted by Gasteiger charge is -2.32. The van der Waals surface area contributed by atoms with Gasteiger partial charge in [-0.2, -0.15) is 0 Å². The number of nitrogens with one attached hydrogen (secondary N) is 1. The van der Waals surface area contributed by atoms with E-state index in [1.807, 2.05) is 31.1 Å². The fraction of sp³-hybridized carbons (Fsp3) is 0.625. The van der Waals surface area contributed by atoms with Gasteiger partial charge in [-0.25, -0.2) is 4.98 Å². The summed E-state index contributed by atoms with van der Waals surface area (Å²) in [7, 11) is 3.82. The van der Waals surface area contributed by atoms with E-state index >= 15 is 0 Å². The molecule has 0 spiro atoms. The molecule has 114 valence electrons. The van der Waals surface area contributed by atoms with E-state index < -0.39 is 0 Å². The van der Waals surface area contributed by atoms with Gasteiger partial charge in [0.05, 0.1) is 5.56 Å². The Bertz CT molecular complexity index is 505. The van der Waals surface area contributed by atoms with Crippen molar-refractivity contribution in [3.05, 3.63) is 23.9 Å². The largest absolute Gasteiger partial charge is 0.362 e. The van der Waals surface area contributed by atoms with Crippen LogP contribution < -0.4 is 10.2 Å². The van der Waals surface area contributed by atoms with Crippen molar-refractivity contribution in [1.82, 2.24) is 15.2 Å². The first-order chi connectivity index (χ1) is 10.1. The lowest BCUT2D eigenvalue weighted by Crippen LogP contribution is -2.45. The van der Waals surface area contributed by atoms with Crippen molar-refractivity contribution in [3.8, 4) is 0 Å². The zero-order valence-electron chi connectivity index (χ0n) is 12.9. The fourth-order valence-corrected chi connectivity index (χ4v) is 3.04. The predicted octanol–water partition coefficient (Wildman–Crippen LogP) is 1.50. The van der Waals surface area contributed by atoms with Crippen molar-refractivity contribution in [1.29, 1.82) is 0 Å². The number of pyridine rings is 1. The average molecular weight is 288 g/mol. The number of carbonyl (C=O) groups excluding carboxylic acids is 1. The van der Waals surface area contributed by atoms with E-state index in [4.69, 9.17) is 0 Å². The van der Waals surface area contributed by atoms with Crippen LogP contribution >= 0.6 is 0 Å². The van der Waals surface area contributed by atoms with Gasteiger partial charge in [-0.05, 0) is 37.8 Å². The normalized spacial score (nSPS) is 20.3. The molecule has 0 bridgehead atoms. The molecule has 1 aromatic heterocycles. The summed E-state index contributed by atoms with van der Waals surface area (Å²) >= 11 is 0. The highest BCUT2D eigenvalue weighted by atomic mass is 16.1. The van der Waals surface area contributed by atoms with Crippen molar-refractivity contribution in [2.24, 2.45) is 0 Å². The maximum Gasteiger partial charge on any atom is 0.255 e. The Balaban J connectivity index is 1.59. The van der Waals surface area contributed by atoms with Crippen LogP contribution in [0.4, 0.5) is 5.82 Å². The number of rotatable bonds is 4. The van der Waals surface area contributed by atoms with Gasteiger partial charge in [0.2, 0.25) is 0 Å². The van der Waals surface area contributed by atoms with E-state index in [0.717, 1.165) is 37.8 Å². The Morgan fingerprint density at radius 2 is 2.00 bits per heavy atom. The van der Waals surface area contributed by atoms with Crippen molar-refractivity contribution < 1.29 is 4.79 Å². The second-order valence-corrected chi connectivity index (χ2v) is 6.28. The first-order valence-electron chi connectivity index (χ1n) is 7.82. The Morgan fingerprint density at radius 3 is 2.62 bits per heavy atom. The minimum atomic E-state index is -0.00308. The summed E-state index contributed by atoms with van der Waals surface area (Å²) in [5, 5.41) is 3.18. The summed E-state index contributed by atoms with van der Waals surface area (Å²) in [5.74, 6) is 0.724. The van der Waals surface area contributed by atoms with Crippen LogP contribution in [0.1, 0.15) is 36.0 Å². The molecular formula is C16H24N4O. The van der Waals surface area contributed by atoms with Gasteiger partial charge >= 0.3 is 0 Å². The molecular weight excluding hydrogens is 264 g/mol. The molecule has 1 aromatic rings. The van der Waals surface area contributed by atoms with Crippen LogP contribution in [0.25, 0.3) is 0 Å². The van der Waals surface area contributed by atoms with Gasteiger partial charge in [-0.1, -0.05) is 0 Å². The highest BCUT2D eigenvalue weighted by molar-refractivity contribution is 5.99. The van der Waals surface area contributed by atoms with Crippen LogP contribution in [0.2, 0.25) is 0 Å². The highest BCUT2D eigenvalue weighted by Gasteiger charge is 2.32. The topological polar surface area (TPSA) is 48.5 Å². The molecule has 1 aliphatic heterocycles. The minimum absolute atomic E-state index is 0.00308. The van der Waals surface area contributed by atoms with Crippen molar-refractivity contribution in [2.45, 2.75) is 37.8 Å². The maximum absolute atomic E-state index is 12.5. The molecule has 2 heterocycles. The molecule has 2 aliphatic rings. The quantitative estimate of drug-likeness (QED) is 0.912. The molecule has 0 unspecified atom stereocenters. The molecule has 0 atom stereocenters. The molecule has 1 saturated heterocycles. The van der Waals surface area contributed by atoms with Gasteiger partial charge < -0.3 is 15.1 Å². The lowest BCUT2D eigenvalue weighted by molar-refractivity contribution is 0.0909. The third kappa shape index (κ3) is 3.35. The summed E-state index contributed by atoms with van der Waals surface area (Å²) in [6, 6.07) is 4.79. The lowest BCUT2D eigenvalue weighted by atomic mass is 10.0. The molecule has 1 aliphatic carbocycles. The van der Waals surface area contributed by atoms with Crippen LogP contribution in [0.3, 0.4) is 0 Å². The number of nitrogens with zero attached hydrogens (tertiary/aromatic N) is 3. The molecule has 2 fully saturated rings. The average Bonchev–Trinajstić information content (AvgIpc) is 3.32. The number of anilines is 1. The maximum atomic E-state index is 12.5. The van der Waals surface area contributed by atoms with Gasteiger partial charge in [0, 0.05) is 45.5 Å². The van der Waals surface area contributed by atoms with Gasteiger partial charge in [-0.3, -0.25) is 4.79 Å². The molecule has 1 saturated carbocycles. The van der Waals surface area contributed by atoms with Gasteiger partial charge in [0.1, 0.15) is 5.82 Å². The Kier molecular flexibility index (Phi) is 4.10. The SMILES string of the molecule is CN(C)c1ncccc1C(=O)NC1CCN(C2CC2)CC1. The summed E-state index contributed by atoms with van der Waals surface area (Å²) < 4.78 is 0. The molecule has 1 N–H and O–H groups in total. The minimum Gasteiger partial charge on any atom is -0.362 e. The molecule has 5 heteroatoms. The Hall–Kier alpha value is -1.62. The van der Waals surface area contributed by atoms with E-state index in [0.29, 0.717) is 11.6 Å². The van der Waals surface area contributed by atoms with Gasteiger partial charge in [0.25, 0.3) is 5.91 Å². The molecule has 3 rings (SSSR count). The molecule has 21 heavy (non-hydrogen) atoms. The van der Waals surface area contributed by atoms with Crippen molar-refractivity contribution in [3.63, 3.8) is 0 Å². The predicted molar refractivity (Wildman–Crippen MR) is 83.6 cm³/mol. The summed E-state index contributed by atoms with van der Waals surface area (Å²) in [4.78, 5) is 21.2. The number of hydrogen-bond acceptors (Lipinski definition) is 4. The monoisotopic (exact) mass is 288 g/mol. The number of piperidine rings is 1. The molecule has 0 radical (unpaired) electrons. The number of likely N-dealkylation sites (tertiary alicyclic amines) is 1. The van der Waals surface area contributed by atoms with Crippen molar-refractivity contribution in [2.75, 3.05) is 32.1 Å². The molecule has 1 amide bonds.